The van der Waals surface area contributed by atoms with Crippen LogP contribution >= 0.6 is 0 Å². The van der Waals surface area contributed by atoms with E-state index < -0.39 is 45.9 Å². The van der Waals surface area contributed by atoms with Crippen molar-refractivity contribution in [2.24, 2.45) is 0 Å². The van der Waals surface area contributed by atoms with E-state index in [1.54, 1.807) is 41.5 Å². The van der Waals surface area contributed by atoms with Gasteiger partial charge in [0, 0.05) is 0 Å². The summed E-state index contributed by atoms with van der Waals surface area (Å²) in [6, 6.07) is 0. The Morgan fingerprint density at radius 1 is 0.952 bits per heavy atom. The van der Waals surface area contributed by atoms with Crippen LogP contribution in [0.2, 0.25) is 0 Å². The van der Waals surface area contributed by atoms with Gasteiger partial charge in [0.05, 0.1) is 12.3 Å². The van der Waals surface area contributed by atoms with Crippen LogP contribution in [0.1, 0.15) is 41.5 Å². The highest BCUT2D eigenvalue weighted by molar-refractivity contribution is 7.86. The van der Waals surface area contributed by atoms with Crippen molar-refractivity contribution in [2.75, 3.05) is 12.3 Å². The normalized spacial score (nSPS) is 12.7. The zero-order valence-corrected chi connectivity index (χ0v) is 13.9. The lowest BCUT2D eigenvalue weighted by atomic mass is 10.2. The minimum absolute atomic E-state index is 0.424. The van der Waals surface area contributed by atoms with Gasteiger partial charge in [0.15, 0.2) is 0 Å². The number of imide groups is 1. The largest absolute Gasteiger partial charge is 0.443 e. The van der Waals surface area contributed by atoms with E-state index in [2.05, 4.69) is 0 Å². The van der Waals surface area contributed by atoms with Crippen molar-refractivity contribution in [3.63, 3.8) is 0 Å². The molecule has 124 valence electrons. The highest BCUT2D eigenvalue weighted by Gasteiger charge is 2.32. The zero-order valence-electron chi connectivity index (χ0n) is 13.1. The van der Waals surface area contributed by atoms with Crippen molar-refractivity contribution >= 4 is 22.4 Å². The summed E-state index contributed by atoms with van der Waals surface area (Å²) in [7, 11) is -4.83. The SMILES string of the molecule is CC(C)(C)OC(=O)N(CCS(=O)(=O)F)C(=O)OC(C)(C)C. The van der Waals surface area contributed by atoms with Crippen LogP contribution in [0.25, 0.3) is 0 Å². The molecule has 0 heterocycles. The van der Waals surface area contributed by atoms with Gasteiger partial charge in [-0.15, -0.1) is 3.89 Å². The molecule has 9 heteroatoms. The van der Waals surface area contributed by atoms with Crippen molar-refractivity contribution in [3.8, 4) is 0 Å². The van der Waals surface area contributed by atoms with E-state index in [0.717, 1.165) is 0 Å². The number of ether oxygens (including phenoxy) is 2. The molecule has 0 aromatic heterocycles. The quantitative estimate of drug-likeness (QED) is 0.740. The molecule has 0 aliphatic rings. The molecule has 0 fully saturated rings. The Morgan fingerprint density at radius 3 is 1.52 bits per heavy atom. The van der Waals surface area contributed by atoms with E-state index in [9.17, 15) is 21.9 Å². The fourth-order valence-corrected chi connectivity index (χ4v) is 1.49. The average Bonchev–Trinajstić information content (AvgIpc) is 2.08. The minimum atomic E-state index is -4.83. The summed E-state index contributed by atoms with van der Waals surface area (Å²) in [6.07, 6.45) is -2.19. The third kappa shape index (κ3) is 10.1. The molecule has 21 heavy (non-hydrogen) atoms. The second kappa shape index (κ2) is 6.59. The van der Waals surface area contributed by atoms with Gasteiger partial charge < -0.3 is 9.47 Å². The molecule has 0 radical (unpaired) electrons. The molecule has 0 N–H and O–H groups in total. The molecule has 0 bridgehead atoms. The molecule has 0 spiro atoms. The Labute approximate surface area is 124 Å². The summed E-state index contributed by atoms with van der Waals surface area (Å²) in [6.45, 7) is 8.75. The first-order valence-corrected chi connectivity index (χ1v) is 7.82. The predicted molar refractivity (Wildman–Crippen MR) is 74.1 cm³/mol. The van der Waals surface area contributed by atoms with Crippen LogP contribution in [0.4, 0.5) is 13.5 Å². The number of hydrogen-bond acceptors (Lipinski definition) is 6. The van der Waals surface area contributed by atoms with E-state index in [-0.39, 0.29) is 0 Å². The van der Waals surface area contributed by atoms with Gasteiger partial charge in [-0.05, 0) is 41.5 Å². The fraction of sp³-hybridized carbons (Fsp3) is 0.833. The number of carbonyl (C=O) groups is 2. The Bertz CT molecular complexity index is 461. The maximum Gasteiger partial charge on any atom is 0.419 e. The molecule has 0 rings (SSSR count). The number of nitrogens with zero attached hydrogens (tertiary/aromatic N) is 1. The van der Waals surface area contributed by atoms with Crippen LogP contribution in [0.5, 0.6) is 0 Å². The zero-order chi connectivity index (χ0) is 17.1. The molecule has 0 aromatic rings. The Hall–Kier alpha value is -1.38. The first-order valence-electron chi connectivity index (χ1n) is 6.26. The van der Waals surface area contributed by atoms with Crippen molar-refractivity contribution in [1.82, 2.24) is 4.90 Å². The van der Waals surface area contributed by atoms with E-state index in [4.69, 9.17) is 9.47 Å². The highest BCUT2D eigenvalue weighted by atomic mass is 32.3. The molecule has 0 aliphatic carbocycles. The molecule has 0 atom stereocenters. The molecule has 0 aliphatic heterocycles. The van der Waals surface area contributed by atoms with Crippen LogP contribution in [-0.4, -0.2) is 49.0 Å². The van der Waals surface area contributed by atoms with E-state index in [1.807, 2.05) is 0 Å². The number of rotatable bonds is 3. The lowest BCUT2D eigenvalue weighted by molar-refractivity contribution is 0.00270. The summed E-state index contributed by atoms with van der Waals surface area (Å²) in [5.41, 5.74) is -1.79. The molecular weight excluding hydrogens is 305 g/mol. The van der Waals surface area contributed by atoms with Gasteiger partial charge in [0.1, 0.15) is 11.2 Å². The first-order chi connectivity index (χ1) is 9.11. The fourth-order valence-electron chi connectivity index (χ4n) is 1.09. The number of carbonyl (C=O) groups excluding carboxylic acids is 2. The van der Waals surface area contributed by atoms with Gasteiger partial charge in [0.25, 0.3) is 0 Å². The Balaban J connectivity index is 5.09. The van der Waals surface area contributed by atoms with Gasteiger partial charge in [-0.2, -0.15) is 8.42 Å². The molecular formula is C12H22FNO6S. The van der Waals surface area contributed by atoms with Crippen molar-refractivity contribution in [1.29, 1.82) is 0 Å². The standard InChI is InChI=1S/C12H22FNO6S/c1-11(2,3)19-9(15)14(7-8-21(13,17)18)10(16)20-12(4,5)6/h7-8H2,1-6H3. The minimum Gasteiger partial charge on any atom is -0.443 e. The van der Waals surface area contributed by atoms with Gasteiger partial charge in [0.2, 0.25) is 0 Å². The predicted octanol–water partition coefficient (Wildman–Crippen LogP) is 2.46. The van der Waals surface area contributed by atoms with Crippen LogP contribution in [0.15, 0.2) is 0 Å². The third-order valence-electron chi connectivity index (χ3n) is 1.79. The topological polar surface area (TPSA) is 90.0 Å². The molecule has 0 unspecified atom stereocenters. The number of amides is 2. The van der Waals surface area contributed by atoms with Crippen molar-refractivity contribution in [3.05, 3.63) is 0 Å². The maximum absolute atomic E-state index is 12.6. The van der Waals surface area contributed by atoms with E-state index in [0.29, 0.717) is 4.90 Å². The second-order valence-corrected chi connectivity index (χ2v) is 7.84. The van der Waals surface area contributed by atoms with E-state index in [1.165, 1.54) is 0 Å². The maximum atomic E-state index is 12.6. The molecule has 7 nitrogen and oxygen atoms in total. The summed E-state index contributed by atoms with van der Waals surface area (Å²) in [5, 5.41) is 0. The molecule has 0 aromatic carbocycles. The monoisotopic (exact) mass is 327 g/mol. The van der Waals surface area contributed by atoms with Gasteiger partial charge in [-0.3, -0.25) is 0 Å². The van der Waals surface area contributed by atoms with Gasteiger partial charge in [-0.1, -0.05) is 0 Å². The summed E-state index contributed by atoms with van der Waals surface area (Å²) >= 11 is 0. The van der Waals surface area contributed by atoms with Crippen LogP contribution < -0.4 is 0 Å². The second-order valence-electron chi connectivity index (χ2n) is 6.36. The van der Waals surface area contributed by atoms with Crippen LogP contribution in [0.3, 0.4) is 0 Å². The van der Waals surface area contributed by atoms with E-state index >= 15 is 0 Å². The summed E-state index contributed by atoms with van der Waals surface area (Å²) in [5.74, 6) is -1.02. The van der Waals surface area contributed by atoms with Crippen molar-refractivity contribution in [2.45, 2.75) is 52.7 Å². The third-order valence-corrected chi connectivity index (χ3v) is 2.46. The summed E-state index contributed by atoms with van der Waals surface area (Å²) < 4.78 is 43.6. The first kappa shape index (κ1) is 19.6. The number of halogens is 1. The van der Waals surface area contributed by atoms with Gasteiger partial charge in [-0.25, -0.2) is 14.5 Å². The molecule has 0 saturated heterocycles. The highest BCUT2D eigenvalue weighted by Crippen LogP contribution is 2.14. The van der Waals surface area contributed by atoms with Crippen LogP contribution in [0, 0.1) is 0 Å². The summed E-state index contributed by atoms with van der Waals surface area (Å²) in [4.78, 5) is 24.2. The lowest BCUT2D eigenvalue weighted by Gasteiger charge is -2.28. The van der Waals surface area contributed by atoms with Crippen LogP contribution in [-0.2, 0) is 19.7 Å². The van der Waals surface area contributed by atoms with Gasteiger partial charge >= 0.3 is 22.4 Å². The lowest BCUT2D eigenvalue weighted by Crippen LogP contribution is -2.45. The average molecular weight is 327 g/mol. The smallest absolute Gasteiger partial charge is 0.419 e. The Morgan fingerprint density at radius 2 is 1.29 bits per heavy atom. The molecule has 0 saturated carbocycles. The Kier molecular flexibility index (Phi) is 6.16. The molecule has 2 amide bonds. The number of hydrogen-bond donors (Lipinski definition) is 0. The van der Waals surface area contributed by atoms with Crippen molar-refractivity contribution < 1.29 is 31.4 Å².